The number of hydrogen-bond acceptors (Lipinski definition) is 3. The molecular weight excluding hydrogens is 192 g/mol. The second-order valence-corrected chi connectivity index (χ2v) is 3.88. The zero-order valence-corrected chi connectivity index (χ0v) is 10.3. The third kappa shape index (κ3) is 8.43. The van der Waals surface area contributed by atoms with Gasteiger partial charge in [0.05, 0.1) is 6.61 Å². The lowest BCUT2D eigenvalue weighted by atomic mass is 10.1. The van der Waals surface area contributed by atoms with Gasteiger partial charge in [0.15, 0.2) is 0 Å². The minimum Gasteiger partial charge on any atom is -0.298 e. The number of unbranched alkanes of at least 4 members (excludes halogenated alkanes) is 2. The molecule has 0 rings (SSSR count). The molecule has 0 aliphatic rings. The van der Waals surface area contributed by atoms with Crippen LogP contribution in [0.2, 0.25) is 0 Å². The summed E-state index contributed by atoms with van der Waals surface area (Å²) in [5, 5.41) is 0. The van der Waals surface area contributed by atoms with Crippen molar-refractivity contribution in [1.82, 2.24) is 0 Å². The fourth-order valence-corrected chi connectivity index (χ4v) is 1.28. The van der Waals surface area contributed by atoms with Crippen LogP contribution in [-0.4, -0.2) is 12.6 Å². The van der Waals surface area contributed by atoms with Crippen LogP contribution in [0.15, 0.2) is 0 Å². The van der Waals surface area contributed by atoms with E-state index in [-0.39, 0.29) is 5.97 Å². The Morgan fingerprint density at radius 3 is 2.33 bits per heavy atom. The molecule has 3 heteroatoms. The predicted octanol–water partition coefficient (Wildman–Crippen LogP) is 3.48. The highest BCUT2D eigenvalue weighted by atomic mass is 17.2. The number of rotatable bonds is 9. The highest BCUT2D eigenvalue weighted by Gasteiger charge is 2.07. The van der Waals surface area contributed by atoms with Crippen molar-refractivity contribution in [3.8, 4) is 0 Å². The van der Waals surface area contributed by atoms with E-state index < -0.39 is 0 Å². The third-order valence-electron chi connectivity index (χ3n) is 2.59. The van der Waals surface area contributed by atoms with E-state index in [0.29, 0.717) is 18.9 Å². The molecular formula is C12H24O3. The molecule has 0 heterocycles. The molecule has 0 aromatic rings. The maximum Gasteiger partial charge on any atom is 0.342 e. The summed E-state index contributed by atoms with van der Waals surface area (Å²) in [7, 11) is 0. The molecule has 0 unspecified atom stereocenters. The van der Waals surface area contributed by atoms with Gasteiger partial charge in [-0.1, -0.05) is 46.5 Å². The predicted molar refractivity (Wildman–Crippen MR) is 60.3 cm³/mol. The summed E-state index contributed by atoms with van der Waals surface area (Å²) in [5.74, 6) is 0.253. The van der Waals surface area contributed by atoms with Gasteiger partial charge in [0.2, 0.25) is 0 Å². The van der Waals surface area contributed by atoms with E-state index in [1.165, 1.54) is 0 Å². The summed E-state index contributed by atoms with van der Waals surface area (Å²) in [6.45, 7) is 6.85. The van der Waals surface area contributed by atoms with Gasteiger partial charge >= 0.3 is 5.97 Å². The van der Waals surface area contributed by atoms with Crippen molar-refractivity contribution in [3.63, 3.8) is 0 Å². The van der Waals surface area contributed by atoms with Gasteiger partial charge in [-0.2, -0.15) is 4.89 Å². The van der Waals surface area contributed by atoms with Gasteiger partial charge in [-0.15, -0.1) is 0 Å². The van der Waals surface area contributed by atoms with Crippen molar-refractivity contribution in [3.05, 3.63) is 0 Å². The second kappa shape index (κ2) is 9.97. The van der Waals surface area contributed by atoms with E-state index in [0.717, 1.165) is 32.1 Å². The van der Waals surface area contributed by atoms with Crippen LogP contribution < -0.4 is 0 Å². The Kier molecular flexibility index (Phi) is 9.59. The molecule has 0 aromatic carbocycles. The lowest BCUT2D eigenvalue weighted by molar-refractivity contribution is -0.278. The topological polar surface area (TPSA) is 35.5 Å². The van der Waals surface area contributed by atoms with Crippen LogP contribution in [0.3, 0.4) is 0 Å². The molecule has 90 valence electrons. The number of carbonyl (C=O) groups excluding carboxylic acids is 1. The first-order valence-electron chi connectivity index (χ1n) is 6.06. The standard InChI is InChI=1S/C12H24O3/c1-4-7-8-9-12(13)15-14-10-11(5-2)6-3/h11H,4-10H2,1-3H3. The summed E-state index contributed by atoms with van der Waals surface area (Å²) in [6.07, 6.45) is 5.66. The fraction of sp³-hybridized carbons (Fsp3) is 0.917. The van der Waals surface area contributed by atoms with E-state index >= 15 is 0 Å². The average molecular weight is 216 g/mol. The Balaban J connectivity index is 3.37. The summed E-state index contributed by atoms with van der Waals surface area (Å²) < 4.78 is 0. The van der Waals surface area contributed by atoms with E-state index in [1.54, 1.807) is 0 Å². The lowest BCUT2D eigenvalue weighted by Gasteiger charge is -2.10. The Morgan fingerprint density at radius 1 is 1.13 bits per heavy atom. The zero-order valence-electron chi connectivity index (χ0n) is 10.3. The van der Waals surface area contributed by atoms with E-state index in [4.69, 9.17) is 4.89 Å². The van der Waals surface area contributed by atoms with Crippen LogP contribution in [0.5, 0.6) is 0 Å². The molecule has 0 aliphatic carbocycles. The molecule has 0 fully saturated rings. The highest BCUT2D eigenvalue weighted by molar-refractivity contribution is 5.68. The molecule has 0 N–H and O–H groups in total. The van der Waals surface area contributed by atoms with Crippen molar-refractivity contribution in [2.24, 2.45) is 5.92 Å². The fourth-order valence-electron chi connectivity index (χ4n) is 1.28. The first-order valence-corrected chi connectivity index (χ1v) is 6.06. The maximum atomic E-state index is 11.1. The Labute approximate surface area is 93.1 Å². The van der Waals surface area contributed by atoms with Gasteiger partial charge < -0.3 is 0 Å². The molecule has 0 amide bonds. The van der Waals surface area contributed by atoms with Gasteiger partial charge in [0.25, 0.3) is 0 Å². The molecule has 0 aliphatic heterocycles. The molecule has 0 radical (unpaired) electrons. The van der Waals surface area contributed by atoms with Crippen molar-refractivity contribution in [1.29, 1.82) is 0 Å². The van der Waals surface area contributed by atoms with Crippen LogP contribution >= 0.6 is 0 Å². The Bertz CT molecular complexity index is 153. The monoisotopic (exact) mass is 216 g/mol. The molecule has 0 bridgehead atoms. The van der Waals surface area contributed by atoms with Gasteiger partial charge in [-0.05, 0) is 12.3 Å². The minimum absolute atomic E-state index is 0.241. The number of carbonyl (C=O) groups is 1. The second-order valence-electron chi connectivity index (χ2n) is 3.88. The van der Waals surface area contributed by atoms with E-state index in [9.17, 15) is 4.79 Å². The van der Waals surface area contributed by atoms with Crippen molar-refractivity contribution in [2.75, 3.05) is 6.61 Å². The molecule has 0 spiro atoms. The van der Waals surface area contributed by atoms with Crippen LogP contribution in [0.4, 0.5) is 0 Å². The minimum atomic E-state index is -0.241. The molecule has 0 aromatic heterocycles. The van der Waals surface area contributed by atoms with Crippen LogP contribution in [0, 0.1) is 5.92 Å². The van der Waals surface area contributed by atoms with Gasteiger partial charge in [-0.3, -0.25) is 4.89 Å². The normalized spacial score (nSPS) is 10.7. The van der Waals surface area contributed by atoms with E-state index in [1.807, 2.05) is 0 Å². The van der Waals surface area contributed by atoms with Crippen LogP contribution in [-0.2, 0) is 14.6 Å². The first-order chi connectivity index (χ1) is 7.24. The lowest BCUT2D eigenvalue weighted by Crippen LogP contribution is -2.12. The summed E-state index contributed by atoms with van der Waals surface area (Å²) >= 11 is 0. The average Bonchev–Trinajstić information content (AvgIpc) is 2.25. The SMILES string of the molecule is CCCCCC(=O)OOCC(CC)CC. The molecule has 3 nitrogen and oxygen atoms in total. The van der Waals surface area contributed by atoms with Gasteiger partial charge in [0, 0.05) is 6.42 Å². The van der Waals surface area contributed by atoms with Gasteiger partial charge in [-0.25, -0.2) is 4.79 Å². The zero-order chi connectivity index (χ0) is 11.5. The van der Waals surface area contributed by atoms with Crippen LogP contribution in [0.1, 0.15) is 59.3 Å². The third-order valence-corrected chi connectivity index (χ3v) is 2.59. The Morgan fingerprint density at radius 2 is 1.80 bits per heavy atom. The van der Waals surface area contributed by atoms with Crippen molar-refractivity contribution < 1.29 is 14.6 Å². The summed E-state index contributed by atoms with van der Waals surface area (Å²) in [5.41, 5.74) is 0. The molecule has 0 atom stereocenters. The van der Waals surface area contributed by atoms with Crippen LogP contribution in [0.25, 0.3) is 0 Å². The smallest absolute Gasteiger partial charge is 0.298 e. The molecule has 0 saturated carbocycles. The first kappa shape index (κ1) is 14.4. The summed E-state index contributed by atoms with van der Waals surface area (Å²) in [6, 6.07) is 0. The maximum absolute atomic E-state index is 11.1. The molecule has 15 heavy (non-hydrogen) atoms. The quantitative estimate of drug-likeness (QED) is 0.336. The highest BCUT2D eigenvalue weighted by Crippen LogP contribution is 2.08. The van der Waals surface area contributed by atoms with Crippen molar-refractivity contribution >= 4 is 5.97 Å². The number of hydrogen-bond donors (Lipinski definition) is 0. The summed E-state index contributed by atoms with van der Waals surface area (Å²) in [4.78, 5) is 20.7. The Hall–Kier alpha value is -0.570. The largest absolute Gasteiger partial charge is 0.342 e. The van der Waals surface area contributed by atoms with E-state index in [2.05, 4.69) is 25.7 Å². The molecule has 0 saturated heterocycles. The van der Waals surface area contributed by atoms with Gasteiger partial charge in [0.1, 0.15) is 0 Å². The van der Waals surface area contributed by atoms with Crippen molar-refractivity contribution in [2.45, 2.75) is 59.3 Å².